The van der Waals surface area contributed by atoms with Gasteiger partial charge in [-0.25, -0.2) is 8.78 Å². The molecule has 0 aliphatic carbocycles. The van der Waals surface area contributed by atoms with Crippen LogP contribution >= 0.6 is 0 Å². The number of rotatable bonds is 10. The largest absolute Gasteiger partial charge is 0.505 e. The summed E-state index contributed by atoms with van der Waals surface area (Å²) in [7, 11) is 0. The third kappa shape index (κ3) is 7.82. The fraction of sp³-hybridized carbons (Fsp3) is 0.213. The molecule has 2 N–H and O–H groups in total. The van der Waals surface area contributed by atoms with Crippen molar-refractivity contribution in [2.24, 2.45) is 0 Å². The molecule has 2 atom stereocenters. The summed E-state index contributed by atoms with van der Waals surface area (Å²) >= 11 is 0. The monoisotopic (exact) mass is 918 g/mol. The van der Waals surface area contributed by atoms with E-state index in [-0.39, 0.29) is 22.3 Å². The van der Waals surface area contributed by atoms with Gasteiger partial charge in [0, 0.05) is 39.5 Å². The summed E-state index contributed by atoms with van der Waals surface area (Å²) in [6.45, 7) is 16.6. The average Bonchev–Trinajstić information content (AvgIpc) is 3.32. The maximum Gasteiger partial charge on any atom is 0.147 e. The van der Waals surface area contributed by atoms with Gasteiger partial charge < -0.3 is 29.5 Å². The van der Waals surface area contributed by atoms with Crippen molar-refractivity contribution < 1.29 is 28.5 Å². The Kier molecular flexibility index (Phi) is 11.3. The summed E-state index contributed by atoms with van der Waals surface area (Å²) in [5.41, 5.74) is 12.3. The van der Waals surface area contributed by atoms with Crippen molar-refractivity contribution in [3.05, 3.63) is 203 Å². The van der Waals surface area contributed by atoms with E-state index in [0.717, 1.165) is 56.1 Å². The second-order valence-electron chi connectivity index (χ2n) is 19.7. The highest BCUT2D eigenvalue weighted by atomic mass is 19.1. The van der Waals surface area contributed by atoms with Gasteiger partial charge in [-0.2, -0.15) is 0 Å². The quantitative estimate of drug-likeness (QED) is 0.142. The molecule has 348 valence electrons. The van der Waals surface area contributed by atoms with Crippen LogP contribution in [0.2, 0.25) is 0 Å². The first-order chi connectivity index (χ1) is 33.0. The molecule has 0 bridgehead atoms. The van der Waals surface area contributed by atoms with Crippen LogP contribution < -0.4 is 19.3 Å². The summed E-state index contributed by atoms with van der Waals surface area (Å²) in [6.07, 6.45) is -0.520. The van der Waals surface area contributed by atoms with Crippen LogP contribution in [0.1, 0.15) is 81.3 Å². The lowest BCUT2D eigenvalue weighted by atomic mass is 9.73. The highest BCUT2D eigenvalue weighted by molar-refractivity contribution is 5.94. The maximum absolute atomic E-state index is 15.3. The predicted molar refractivity (Wildman–Crippen MR) is 275 cm³/mol. The van der Waals surface area contributed by atoms with Gasteiger partial charge in [-0.3, -0.25) is 0 Å². The van der Waals surface area contributed by atoms with Crippen LogP contribution in [0.15, 0.2) is 158 Å². The molecule has 0 spiro atoms. The van der Waals surface area contributed by atoms with Crippen LogP contribution in [0.3, 0.4) is 0 Å². The molecule has 6 nitrogen and oxygen atoms in total. The Balaban J connectivity index is 0.949. The zero-order valence-corrected chi connectivity index (χ0v) is 40.2. The number of halogens is 2. The number of aryl methyl sites for hydroxylation is 2. The molecule has 2 aliphatic rings. The Hall–Kier alpha value is -7.58. The van der Waals surface area contributed by atoms with E-state index in [9.17, 15) is 10.2 Å². The minimum Gasteiger partial charge on any atom is -0.505 e. The van der Waals surface area contributed by atoms with Gasteiger partial charge in [0.2, 0.25) is 0 Å². The molecule has 69 heavy (non-hydrogen) atoms. The molecule has 0 radical (unpaired) electrons. The lowest BCUT2D eigenvalue weighted by Crippen LogP contribution is -2.30. The third-order valence-electron chi connectivity index (χ3n) is 14.0. The average molecular weight is 919 g/mol. The van der Waals surface area contributed by atoms with Crippen LogP contribution in [0.4, 0.5) is 42.9 Å². The zero-order valence-electron chi connectivity index (χ0n) is 40.2. The molecule has 8 aromatic rings. The summed E-state index contributed by atoms with van der Waals surface area (Å²) < 4.78 is 43.9. The molecule has 0 unspecified atom stereocenters. The summed E-state index contributed by atoms with van der Waals surface area (Å²) in [5.74, 6) is -0.158. The van der Waals surface area contributed by atoms with Gasteiger partial charge in [0.05, 0.1) is 46.3 Å². The van der Waals surface area contributed by atoms with Crippen molar-refractivity contribution in [1.29, 1.82) is 0 Å². The molecule has 2 heterocycles. The number of ether oxygens (including phenoxy) is 2. The van der Waals surface area contributed by atoms with E-state index in [1.807, 2.05) is 100 Å². The topological polar surface area (TPSA) is 65.4 Å². The minimum atomic E-state index is -0.469. The van der Waals surface area contributed by atoms with Gasteiger partial charge in [-0.1, -0.05) is 100 Å². The number of fused-ring (bicyclic) bond motifs is 4. The van der Waals surface area contributed by atoms with Crippen molar-refractivity contribution in [1.82, 2.24) is 0 Å². The normalized spacial score (nSPS) is 15.0. The fourth-order valence-electron chi connectivity index (χ4n) is 10.8. The van der Waals surface area contributed by atoms with Gasteiger partial charge in [0.15, 0.2) is 0 Å². The van der Waals surface area contributed by atoms with Crippen LogP contribution in [0, 0.1) is 25.5 Å². The molecule has 2 aliphatic heterocycles. The Bertz CT molecular complexity index is 2990. The number of nitrogens with zero attached hydrogens (tertiary/aromatic N) is 2. The van der Waals surface area contributed by atoms with Gasteiger partial charge in [-0.15, -0.1) is 0 Å². The Morgan fingerprint density at radius 2 is 0.754 bits per heavy atom. The lowest BCUT2D eigenvalue weighted by Gasteiger charge is -2.42. The second-order valence-corrected chi connectivity index (χ2v) is 19.7. The van der Waals surface area contributed by atoms with Crippen molar-refractivity contribution >= 4 is 34.1 Å². The highest BCUT2D eigenvalue weighted by Gasteiger charge is 2.39. The van der Waals surface area contributed by atoms with Gasteiger partial charge in [0.1, 0.15) is 34.6 Å². The highest BCUT2D eigenvalue weighted by Crippen LogP contribution is 2.57. The van der Waals surface area contributed by atoms with Gasteiger partial charge in [0.25, 0.3) is 0 Å². The number of phenols is 2. The molecular weight excluding hydrogens is 863 g/mol. The van der Waals surface area contributed by atoms with Gasteiger partial charge >= 0.3 is 0 Å². The fourth-order valence-corrected chi connectivity index (χ4v) is 10.8. The molecule has 0 amide bonds. The Morgan fingerprint density at radius 1 is 0.435 bits per heavy atom. The number of aromatic hydroxyl groups is 2. The van der Waals surface area contributed by atoms with E-state index in [4.69, 9.17) is 9.47 Å². The molecule has 8 aromatic carbocycles. The van der Waals surface area contributed by atoms with E-state index in [1.54, 1.807) is 12.1 Å². The summed E-state index contributed by atoms with van der Waals surface area (Å²) in [4.78, 5) is 4.19. The van der Waals surface area contributed by atoms with Crippen LogP contribution in [0.25, 0.3) is 22.3 Å². The van der Waals surface area contributed by atoms with Crippen LogP contribution in [-0.2, 0) is 10.8 Å². The number of hydrogen-bond donors (Lipinski definition) is 2. The van der Waals surface area contributed by atoms with E-state index in [1.165, 1.54) is 24.3 Å². The van der Waals surface area contributed by atoms with Crippen LogP contribution in [-0.4, -0.2) is 22.4 Å². The molecule has 0 aromatic heterocycles. The number of benzene rings is 8. The Morgan fingerprint density at radius 3 is 1.09 bits per heavy atom. The van der Waals surface area contributed by atoms with E-state index in [0.29, 0.717) is 51.5 Å². The smallest absolute Gasteiger partial charge is 0.147 e. The minimum absolute atomic E-state index is 0.00587. The second kappa shape index (κ2) is 17.2. The molecule has 0 saturated carbocycles. The standard InChI is InChI=1S/C61H56F2N2O4/c1-36-29-44(58(66)54(31-36)64-50-21-13-9-17-46(50)60(5,6)47-18-10-14-22-51(47)64)42-34-40(62)25-27-56(42)68-38(3)33-39(4)69-57-28-26-41(63)35-43(57)45-30-37(2)32-55(59(45)67)65-52-23-15-11-19-48(52)61(7,8)49-20-12-16-24-53(49)65/h9-32,34-35,38-39,66-67H,33H2,1-8H3/t38-,39+. The number of hydrogen-bond acceptors (Lipinski definition) is 6. The van der Waals surface area contributed by atoms with Crippen LogP contribution in [0.5, 0.6) is 23.0 Å². The van der Waals surface area contributed by atoms with E-state index >= 15 is 8.78 Å². The van der Waals surface area contributed by atoms with E-state index < -0.39 is 23.8 Å². The van der Waals surface area contributed by atoms with Crippen molar-refractivity contribution in [2.75, 3.05) is 9.80 Å². The number of anilines is 6. The number of phenolic OH excluding ortho intramolecular Hbond substituents is 2. The molecule has 8 heteroatoms. The molecule has 0 fully saturated rings. The number of para-hydroxylation sites is 4. The first-order valence-electron chi connectivity index (χ1n) is 23.6. The predicted octanol–water partition coefficient (Wildman–Crippen LogP) is 16.2. The van der Waals surface area contributed by atoms with Crippen molar-refractivity contribution in [3.63, 3.8) is 0 Å². The molecular formula is C61H56F2N2O4. The van der Waals surface area contributed by atoms with Gasteiger partial charge in [-0.05, 0) is 146 Å². The zero-order chi connectivity index (χ0) is 48.5. The first kappa shape index (κ1) is 45.2. The SMILES string of the molecule is Cc1cc(-c2cc(F)ccc2O[C@H](C)C[C@H](C)Oc2ccc(F)cc2-c2cc(C)cc(N3c4ccccc4C(C)(C)c4ccccc43)c2O)c(O)c(N2c3ccccc3C(C)(C)c3ccccc32)c1. The van der Waals surface area contributed by atoms with E-state index in [2.05, 4.69) is 86.0 Å². The Labute approximate surface area is 403 Å². The molecule has 0 saturated heterocycles. The molecule has 10 rings (SSSR count). The van der Waals surface area contributed by atoms with Crippen molar-refractivity contribution in [3.8, 4) is 45.3 Å². The first-order valence-corrected chi connectivity index (χ1v) is 23.6. The lowest BCUT2D eigenvalue weighted by molar-refractivity contribution is 0.131. The maximum atomic E-state index is 15.3. The van der Waals surface area contributed by atoms with Crippen molar-refractivity contribution in [2.45, 2.75) is 84.8 Å². The third-order valence-corrected chi connectivity index (χ3v) is 14.0. The summed E-state index contributed by atoms with van der Waals surface area (Å²) in [6, 6.07) is 49.3. The summed E-state index contributed by atoms with van der Waals surface area (Å²) in [5, 5.41) is 24.7.